The van der Waals surface area contributed by atoms with Crippen molar-refractivity contribution in [2.75, 3.05) is 23.9 Å². The molecule has 4 atom stereocenters. The maximum absolute atomic E-state index is 10.6. The van der Waals surface area contributed by atoms with Crippen molar-refractivity contribution >= 4 is 34.7 Å². The third-order valence-corrected chi connectivity index (χ3v) is 6.93. The molecule has 0 saturated carbocycles. The molecule has 2 aromatic heterocycles. The van der Waals surface area contributed by atoms with Crippen molar-refractivity contribution in [2.24, 2.45) is 0 Å². The quantitative estimate of drug-likeness (QED) is 0.241. The summed E-state index contributed by atoms with van der Waals surface area (Å²) in [7, 11) is 0. The van der Waals surface area contributed by atoms with Crippen molar-refractivity contribution in [3.05, 3.63) is 60.4 Å². The van der Waals surface area contributed by atoms with Crippen LogP contribution < -0.4 is 11.1 Å². The van der Waals surface area contributed by atoms with Gasteiger partial charge < -0.3 is 31.1 Å². The van der Waals surface area contributed by atoms with Crippen molar-refractivity contribution in [1.29, 1.82) is 0 Å². The predicted molar refractivity (Wildman–Crippen MR) is 134 cm³/mol. The zero-order valence-electron chi connectivity index (χ0n) is 18.9. The first-order chi connectivity index (χ1) is 17.0. The van der Waals surface area contributed by atoms with Gasteiger partial charge in [-0.1, -0.05) is 42.5 Å². The summed E-state index contributed by atoms with van der Waals surface area (Å²) in [6.45, 7) is -0.0111. The van der Waals surface area contributed by atoms with Gasteiger partial charge in [0.2, 0.25) is 5.95 Å². The molecule has 35 heavy (non-hydrogen) atoms. The highest BCUT2D eigenvalue weighted by molar-refractivity contribution is 7.98. The van der Waals surface area contributed by atoms with E-state index in [-0.39, 0.29) is 5.82 Å². The fraction of sp³-hybridized carbons (Fsp3) is 0.292. The minimum atomic E-state index is -1.30. The van der Waals surface area contributed by atoms with Crippen molar-refractivity contribution in [1.82, 2.24) is 19.5 Å². The smallest absolute Gasteiger partial charge is 0.207 e. The number of rotatable bonds is 7. The molecule has 1 fully saturated rings. The third-order valence-electron chi connectivity index (χ3n) is 6.11. The third kappa shape index (κ3) is 4.32. The second kappa shape index (κ2) is 9.80. The number of nitrogens with one attached hydrogen (secondary N) is 1. The van der Waals surface area contributed by atoms with Crippen LogP contribution in [0.5, 0.6) is 0 Å². The Hall–Kier alpha value is -3.22. The molecule has 2 aromatic carbocycles. The molecule has 1 aliphatic heterocycles. The SMILES string of the molecule is CSc1cc(-c2ccccc2)ccc1CNc1nc2c(N)ncnc2n1[C@@H]1O[C@H](CO)[C@@H](O)[C@H]1O. The van der Waals surface area contributed by atoms with E-state index in [1.807, 2.05) is 24.5 Å². The Morgan fingerprint density at radius 3 is 2.60 bits per heavy atom. The normalized spacial score (nSPS) is 22.1. The van der Waals surface area contributed by atoms with Gasteiger partial charge in [0.05, 0.1) is 6.61 Å². The molecule has 0 spiro atoms. The number of hydrogen-bond acceptors (Lipinski definition) is 10. The first-order valence-electron chi connectivity index (χ1n) is 11.1. The number of ether oxygens (including phenoxy) is 1. The largest absolute Gasteiger partial charge is 0.394 e. The van der Waals surface area contributed by atoms with Gasteiger partial charge in [0.25, 0.3) is 0 Å². The molecule has 10 nitrogen and oxygen atoms in total. The van der Waals surface area contributed by atoms with E-state index in [1.54, 1.807) is 16.3 Å². The molecule has 182 valence electrons. The second-order valence-electron chi connectivity index (χ2n) is 8.21. The molecule has 6 N–H and O–H groups in total. The van der Waals surface area contributed by atoms with E-state index in [0.29, 0.717) is 23.7 Å². The van der Waals surface area contributed by atoms with Crippen LogP contribution in [0.2, 0.25) is 0 Å². The Bertz CT molecular complexity index is 1330. The van der Waals surface area contributed by atoms with Gasteiger partial charge in [0.1, 0.15) is 24.6 Å². The van der Waals surface area contributed by atoms with Crippen LogP contribution in [0.25, 0.3) is 22.3 Å². The summed E-state index contributed by atoms with van der Waals surface area (Å²) in [5, 5.41) is 33.8. The van der Waals surface area contributed by atoms with Crippen molar-refractivity contribution in [3.8, 4) is 11.1 Å². The summed E-state index contributed by atoms with van der Waals surface area (Å²) in [6.07, 6.45) is -1.19. The van der Waals surface area contributed by atoms with E-state index in [2.05, 4.69) is 50.6 Å². The summed E-state index contributed by atoms with van der Waals surface area (Å²) < 4.78 is 7.31. The molecular formula is C24H26N6O4S. The summed E-state index contributed by atoms with van der Waals surface area (Å²) >= 11 is 1.65. The number of fused-ring (bicyclic) bond motifs is 1. The Morgan fingerprint density at radius 2 is 1.89 bits per heavy atom. The van der Waals surface area contributed by atoms with E-state index < -0.39 is 31.1 Å². The lowest BCUT2D eigenvalue weighted by Crippen LogP contribution is -2.33. The van der Waals surface area contributed by atoms with Gasteiger partial charge >= 0.3 is 0 Å². The molecule has 0 aliphatic carbocycles. The number of nitrogens with two attached hydrogens (primary N) is 1. The first kappa shape index (κ1) is 23.5. The fourth-order valence-electron chi connectivity index (χ4n) is 4.26. The zero-order valence-corrected chi connectivity index (χ0v) is 19.8. The van der Waals surface area contributed by atoms with Crippen molar-refractivity contribution in [2.45, 2.75) is 36.0 Å². The number of thioether (sulfide) groups is 1. The summed E-state index contributed by atoms with van der Waals surface area (Å²) in [4.78, 5) is 14.0. The highest BCUT2D eigenvalue weighted by Gasteiger charge is 2.45. The summed E-state index contributed by atoms with van der Waals surface area (Å²) in [5.74, 6) is 0.529. The van der Waals surface area contributed by atoms with Crippen LogP contribution in [0, 0.1) is 0 Å². The molecule has 11 heteroatoms. The average Bonchev–Trinajstić information content (AvgIpc) is 3.40. The molecular weight excluding hydrogens is 468 g/mol. The van der Waals surface area contributed by atoms with Crippen LogP contribution in [0.3, 0.4) is 0 Å². The molecule has 4 aromatic rings. The van der Waals surface area contributed by atoms with Crippen molar-refractivity contribution in [3.63, 3.8) is 0 Å². The molecule has 0 amide bonds. The van der Waals surface area contributed by atoms with Crippen LogP contribution in [-0.2, 0) is 11.3 Å². The number of nitrogens with zero attached hydrogens (tertiary/aromatic N) is 4. The minimum Gasteiger partial charge on any atom is -0.394 e. The number of hydrogen-bond donors (Lipinski definition) is 5. The number of aliphatic hydroxyl groups excluding tert-OH is 3. The fourth-order valence-corrected chi connectivity index (χ4v) is 4.91. The molecule has 1 aliphatic rings. The Balaban J connectivity index is 1.48. The van der Waals surface area contributed by atoms with E-state index in [0.717, 1.165) is 21.6 Å². The monoisotopic (exact) mass is 494 g/mol. The van der Waals surface area contributed by atoms with Crippen LogP contribution in [0.4, 0.5) is 11.8 Å². The Kier molecular flexibility index (Phi) is 6.58. The standard InChI is InChI=1S/C24H26N6O4S/c1-35-17-9-14(13-5-3-2-4-6-13)7-8-15(17)10-26-24-29-18-21(25)27-12-28-22(18)30(24)23-20(33)19(32)16(11-31)34-23/h2-9,12,16,19-20,23,31-33H,10-11H2,1H3,(H,26,29)(H2,25,27,28)/t16-,19-,20-,23-/m1/s1. The van der Waals surface area contributed by atoms with Gasteiger partial charge in [0, 0.05) is 11.4 Å². The zero-order chi connectivity index (χ0) is 24.5. The summed E-state index contributed by atoms with van der Waals surface area (Å²) in [6, 6.07) is 16.5. The van der Waals surface area contributed by atoms with Crippen LogP contribution >= 0.6 is 11.8 Å². The Labute approximate surface area is 205 Å². The van der Waals surface area contributed by atoms with Gasteiger partial charge in [-0.3, -0.25) is 4.57 Å². The predicted octanol–water partition coefficient (Wildman–Crippen LogP) is 2.02. The lowest BCUT2D eigenvalue weighted by Gasteiger charge is -2.20. The van der Waals surface area contributed by atoms with Gasteiger partial charge in [-0.15, -0.1) is 11.8 Å². The average molecular weight is 495 g/mol. The van der Waals surface area contributed by atoms with Crippen molar-refractivity contribution < 1.29 is 20.1 Å². The Morgan fingerprint density at radius 1 is 1.09 bits per heavy atom. The van der Waals surface area contributed by atoms with Crippen LogP contribution in [-0.4, -0.2) is 66.0 Å². The molecule has 0 unspecified atom stereocenters. The molecule has 0 radical (unpaired) electrons. The highest BCUT2D eigenvalue weighted by atomic mass is 32.2. The molecule has 1 saturated heterocycles. The number of benzene rings is 2. The number of imidazole rings is 1. The van der Waals surface area contributed by atoms with E-state index in [4.69, 9.17) is 10.5 Å². The van der Waals surface area contributed by atoms with Crippen LogP contribution in [0.15, 0.2) is 59.8 Å². The first-order valence-corrected chi connectivity index (χ1v) is 12.3. The second-order valence-corrected chi connectivity index (χ2v) is 9.06. The number of aliphatic hydroxyl groups is 3. The molecule has 3 heterocycles. The molecule has 5 rings (SSSR count). The number of nitrogen functional groups attached to an aromatic ring is 1. The van der Waals surface area contributed by atoms with Gasteiger partial charge in [-0.25, -0.2) is 15.0 Å². The maximum atomic E-state index is 10.6. The van der Waals surface area contributed by atoms with Gasteiger partial charge in [-0.2, -0.15) is 0 Å². The van der Waals surface area contributed by atoms with E-state index >= 15 is 0 Å². The highest BCUT2D eigenvalue weighted by Crippen LogP contribution is 2.35. The number of anilines is 2. The summed E-state index contributed by atoms with van der Waals surface area (Å²) in [5.41, 5.74) is 10.0. The minimum absolute atomic E-state index is 0.181. The van der Waals surface area contributed by atoms with E-state index in [1.165, 1.54) is 6.33 Å². The lowest BCUT2D eigenvalue weighted by molar-refractivity contribution is -0.0501. The molecule has 0 bridgehead atoms. The van der Waals surface area contributed by atoms with E-state index in [9.17, 15) is 15.3 Å². The maximum Gasteiger partial charge on any atom is 0.207 e. The van der Waals surface area contributed by atoms with Gasteiger partial charge in [-0.05, 0) is 29.0 Å². The topological polar surface area (TPSA) is 152 Å². The van der Waals surface area contributed by atoms with Crippen LogP contribution in [0.1, 0.15) is 11.8 Å². The lowest BCUT2D eigenvalue weighted by atomic mass is 10.0. The number of aromatic nitrogens is 4. The van der Waals surface area contributed by atoms with Gasteiger partial charge in [0.15, 0.2) is 23.2 Å².